The van der Waals surface area contributed by atoms with E-state index in [2.05, 4.69) is 20.4 Å². The molecule has 0 amide bonds. The molecular weight excluding hydrogens is 419 g/mol. The SMILES string of the molecule is O=C(O)[C@@H]1CCCN1c1nc2c(cnn2-c2ccc(F)cc2OCC2CCCN2)c(=O)[nH]1. The molecule has 0 spiro atoms. The Balaban J connectivity index is 1.55. The maximum Gasteiger partial charge on any atom is 0.326 e. The first-order valence-corrected chi connectivity index (χ1v) is 10.6. The zero-order chi connectivity index (χ0) is 22.2. The molecule has 1 aromatic carbocycles. The van der Waals surface area contributed by atoms with Crippen molar-refractivity contribution in [3.8, 4) is 11.4 Å². The van der Waals surface area contributed by atoms with Gasteiger partial charge in [-0.2, -0.15) is 10.1 Å². The summed E-state index contributed by atoms with van der Waals surface area (Å²) in [6.07, 6.45) is 4.59. The van der Waals surface area contributed by atoms with Gasteiger partial charge in [-0.05, 0) is 44.4 Å². The molecule has 2 fully saturated rings. The number of H-pyrrole nitrogens is 1. The predicted molar refractivity (Wildman–Crippen MR) is 114 cm³/mol. The summed E-state index contributed by atoms with van der Waals surface area (Å²) in [6, 6.07) is 3.54. The van der Waals surface area contributed by atoms with Crippen LogP contribution in [0.1, 0.15) is 25.7 Å². The second-order valence-electron chi connectivity index (χ2n) is 8.09. The molecular formula is C21H23FN6O4. The van der Waals surface area contributed by atoms with Crippen LogP contribution in [-0.2, 0) is 4.79 Å². The molecule has 1 unspecified atom stereocenters. The van der Waals surface area contributed by atoms with E-state index in [1.54, 1.807) is 4.90 Å². The van der Waals surface area contributed by atoms with Crippen molar-refractivity contribution in [1.82, 2.24) is 25.1 Å². The highest BCUT2D eigenvalue weighted by Gasteiger charge is 2.32. The van der Waals surface area contributed by atoms with Crippen molar-refractivity contribution in [1.29, 1.82) is 0 Å². The fourth-order valence-electron chi connectivity index (χ4n) is 4.36. The number of ether oxygens (including phenoxy) is 1. The fraction of sp³-hybridized carbons (Fsp3) is 0.429. The van der Waals surface area contributed by atoms with Gasteiger partial charge in [-0.3, -0.25) is 9.78 Å². The van der Waals surface area contributed by atoms with Crippen molar-refractivity contribution in [3.05, 3.63) is 40.6 Å². The van der Waals surface area contributed by atoms with Crippen LogP contribution >= 0.6 is 0 Å². The first-order chi connectivity index (χ1) is 15.5. The van der Waals surface area contributed by atoms with E-state index < -0.39 is 23.4 Å². The second-order valence-corrected chi connectivity index (χ2v) is 8.09. The van der Waals surface area contributed by atoms with Crippen LogP contribution in [0.5, 0.6) is 5.75 Å². The minimum absolute atomic E-state index is 0.175. The number of carboxylic acids is 1. The van der Waals surface area contributed by atoms with E-state index in [0.717, 1.165) is 19.4 Å². The third-order valence-electron chi connectivity index (χ3n) is 5.99. The van der Waals surface area contributed by atoms with Crippen LogP contribution in [-0.4, -0.2) is 62.6 Å². The van der Waals surface area contributed by atoms with Gasteiger partial charge in [-0.1, -0.05) is 0 Å². The molecule has 0 bridgehead atoms. The van der Waals surface area contributed by atoms with Crippen molar-refractivity contribution in [2.75, 3.05) is 24.6 Å². The van der Waals surface area contributed by atoms with Crippen molar-refractivity contribution in [2.24, 2.45) is 0 Å². The van der Waals surface area contributed by atoms with Gasteiger partial charge >= 0.3 is 5.97 Å². The van der Waals surface area contributed by atoms with E-state index in [1.165, 1.54) is 29.1 Å². The lowest BCUT2D eigenvalue weighted by Crippen LogP contribution is -2.38. The highest BCUT2D eigenvalue weighted by molar-refractivity contribution is 5.80. The van der Waals surface area contributed by atoms with Gasteiger partial charge in [0.2, 0.25) is 5.95 Å². The molecule has 10 nitrogen and oxygen atoms in total. The number of aliphatic carboxylic acids is 1. The van der Waals surface area contributed by atoms with Gasteiger partial charge in [-0.15, -0.1) is 0 Å². The summed E-state index contributed by atoms with van der Waals surface area (Å²) >= 11 is 0. The predicted octanol–water partition coefficient (Wildman–Crippen LogP) is 1.43. The highest BCUT2D eigenvalue weighted by Crippen LogP contribution is 2.28. The van der Waals surface area contributed by atoms with Crippen molar-refractivity contribution >= 4 is 23.0 Å². The van der Waals surface area contributed by atoms with E-state index in [0.29, 0.717) is 31.7 Å². The molecule has 0 radical (unpaired) electrons. The number of aromatic nitrogens is 4. The first kappa shape index (κ1) is 20.4. The van der Waals surface area contributed by atoms with E-state index in [1.807, 2.05) is 0 Å². The van der Waals surface area contributed by atoms with E-state index in [9.17, 15) is 19.1 Å². The number of anilines is 1. The van der Waals surface area contributed by atoms with Gasteiger partial charge < -0.3 is 20.1 Å². The van der Waals surface area contributed by atoms with Crippen LogP contribution in [0, 0.1) is 5.82 Å². The zero-order valence-corrected chi connectivity index (χ0v) is 17.3. The number of hydrogen-bond acceptors (Lipinski definition) is 7. The summed E-state index contributed by atoms with van der Waals surface area (Å²) in [6.45, 7) is 1.78. The third-order valence-corrected chi connectivity index (χ3v) is 5.99. The van der Waals surface area contributed by atoms with Crippen molar-refractivity contribution < 1.29 is 19.0 Å². The largest absolute Gasteiger partial charge is 0.490 e. The smallest absolute Gasteiger partial charge is 0.326 e. The maximum absolute atomic E-state index is 14.0. The summed E-state index contributed by atoms with van der Waals surface area (Å²) in [5.41, 5.74) is 0.266. The van der Waals surface area contributed by atoms with Crippen LogP contribution in [0.25, 0.3) is 16.7 Å². The van der Waals surface area contributed by atoms with Crippen LogP contribution < -0.4 is 20.5 Å². The average Bonchev–Trinajstić information content (AvgIpc) is 3.52. The van der Waals surface area contributed by atoms with Crippen molar-refractivity contribution in [3.63, 3.8) is 0 Å². The lowest BCUT2D eigenvalue weighted by atomic mass is 10.2. The standard InChI is InChI=1S/C21H23FN6O4/c22-12-5-6-15(17(9-12)32-11-13-3-1-7-23-13)28-18-14(10-24-28)19(29)26-21(25-18)27-8-2-4-16(27)20(30)31/h5-6,9-10,13,16,23H,1-4,7-8,11H2,(H,30,31)(H,25,26,29)/t13?,16-/m0/s1. The summed E-state index contributed by atoms with van der Waals surface area (Å²) in [5.74, 6) is -0.952. The minimum atomic E-state index is -0.964. The molecule has 2 saturated heterocycles. The van der Waals surface area contributed by atoms with Gasteiger partial charge in [0.05, 0.1) is 6.20 Å². The lowest BCUT2D eigenvalue weighted by Gasteiger charge is -2.21. The Kier molecular flexibility index (Phi) is 5.25. The Morgan fingerprint density at radius 1 is 1.31 bits per heavy atom. The molecule has 2 aliphatic rings. The molecule has 4 heterocycles. The molecule has 0 aliphatic carbocycles. The van der Waals surface area contributed by atoms with Gasteiger partial charge in [0.1, 0.15) is 35.3 Å². The number of halogens is 1. The summed E-state index contributed by atoms with van der Waals surface area (Å²) in [7, 11) is 0. The number of carbonyl (C=O) groups is 1. The number of aromatic amines is 1. The number of carboxylic acid groups (broad SMARTS) is 1. The zero-order valence-electron chi connectivity index (χ0n) is 17.3. The van der Waals surface area contributed by atoms with Gasteiger partial charge in [0.25, 0.3) is 5.56 Å². The van der Waals surface area contributed by atoms with Gasteiger partial charge in [0.15, 0.2) is 5.65 Å². The van der Waals surface area contributed by atoms with Crippen LogP contribution in [0.3, 0.4) is 0 Å². The van der Waals surface area contributed by atoms with E-state index >= 15 is 0 Å². The summed E-state index contributed by atoms with van der Waals surface area (Å²) < 4.78 is 21.3. The number of benzene rings is 1. The van der Waals surface area contributed by atoms with Crippen molar-refractivity contribution in [2.45, 2.75) is 37.8 Å². The Hall–Kier alpha value is -3.47. The number of rotatable bonds is 6. The molecule has 11 heteroatoms. The highest BCUT2D eigenvalue weighted by atomic mass is 19.1. The molecule has 2 aromatic heterocycles. The maximum atomic E-state index is 14.0. The molecule has 3 aromatic rings. The molecule has 5 rings (SSSR count). The Morgan fingerprint density at radius 2 is 2.19 bits per heavy atom. The molecule has 32 heavy (non-hydrogen) atoms. The minimum Gasteiger partial charge on any atom is -0.490 e. The summed E-state index contributed by atoms with van der Waals surface area (Å²) in [4.78, 5) is 33.1. The fourth-order valence-corrected chi connectivity index (χ4v) is 4.36. The van der Waals surface area contributed by atoms with Crippen LogP contribution in [0.2, 0.25) is 0 Å². The van der Waals surface area contributed by atoms with E-state index in [4.69, 9.17) is 4.74 Å². The number of nitrogens with zero attached hydrogens (tertiary/aromatic N) is 4. The molecule has 3 N–H and O–H groups in total. The van der Waals surface area contributed by atoms with E-state index in [-0.39, 0.29) is 28.8 Å². The quantitative estimate of drug-likeness (QED) is 0.524. The first-order valence-electron chi connectivity index (χ1n) is 10.6. The monoisotopic (exact) mass is 442 g/mol. The van der Waals surface area contributed by atoms with Gasteiger partial charge in [0, 0.05) is 18.7 Å². The van der Waals surface area contributed by atoms with Crippen LogP contribution in [0.15, 0.2) is 29.2 Å². The number of hydrogen-bond donors (Lipinski definition) is 3. The number of nitrogens with one attached hydrogen (secondary N) is 2. The average molecular weight is 442 g/mol. The second kappa shape index (κ2) is 8.23. The summed E-state index contributed by atoms with van der Waals surface area (Å²) in [5, 5.41) is 17.4. The molecule has 2 aliphatic heterocycles. The third kappa shape index (κ3) is 3.68. The number of fused-ring (bicyclic) bond motifs is 1. The van der Waals surface area contributed by atoms with Crippen LogP contribution in [0.4, 0.5) is 10.3 Å². The molecule has 168 valence electrons. The normalized spacial score (nSPS) is 20.8. The Labute approximate surface area is 182 Å². The Morgan fingerprint density at radius 3 is 2.97 bits per heavy atom. The topological polar surface area (TPSA) is 125 Å². The molecule has 2 atom stereocenters. The Bertz CT molecular complexity index is 1220. The molecule has 0 saturated carbocycles. The lowest BCUT2D eigenvalue weighted by molar-refractivity contribution is -0.138. The van der Waals surface area contributed by atoms with Gasteiger partial charge in [-0.25, -0.2) is 13.9 Å².